The molecule has 0 spiro atoms. The lowest BCUT2D eigenvalue weighted by Gasteiger charge is -2.10. The molecule has 1 aromatic carbocycles. The van der Waals surface area contributed by atoms with Crippen LogP contribution in [0.25, 0.3) is 0 Å². The van der Waals surface area contributed by atoms with Crippen molar-refractivity contribution in [3.8, 4) is 0 Å². The number of nitrogens with two attached hydrogens (primary N) is 1. The van der Waals surface area contributed by atoms with E-state index in [9.17, 15) is 8.78 Å². The second kappa shape index (κ2) is 4.13. The summed E-state index contributed by atoms with van der Waals surface area (Å²) in [6.07, 6.45) is 0. The zero-order valence-corrected chi connectivity index (χ0v) is 8.18. The second-order valence-electron chi connectivity index (χ2n) is 2.58. The summed E-state index contributed by atoms with van der Waals surface area (Å²) in [5.74, 6) is -1.44. The first kappa shape index (κ1) is 10.6. The first-order chi connectivity index (χ1) is 6.06. The van der Waals surface area contributed by atoms with E-state index in [1.54, 1.807) is 0 Å². The normalized spacial score (nSPS) is 13.0. The van der Waals surface area contributed by atoms with E-state index in [0.717, 1.165) is 6.07 Å². The fourth-order valence-electron chi connectivity index (χ4n) is 0.920. The van der Waals surface area contributed by atoms with Gasteiger partial charge in [0.1, 0.15) is 11.6 Å². The molecule has 0 aliphatic carbocycles. The minimum absolute atomic E-state index is 0.0933. The van der Waals surface area contributed by atoms with Crippen LogP contribution in [0.15, 0.2) is 16.6 Å². The number of halogens is 3. The van der Waals surface area contributed by atoms with Crippen LogP contribution in [0.2, 0.25) is 0 Å². The summed E-state index contributed by atoms with van der Waals surface area (Å²) in [6.45, 7) is -0.380. The van der Waals surface area contributed by atoms with Gasteiger partial charge in [0, 0.05) is 11.6 Å². The van der Waals surface area contributed by atoms with Gasteiger partial charge < -0.3 is 10.8 Å². The number of aliphatic hydroxyl groups is 1. The van der Waals surface area contributed by atoms with Gasteiger partial charge in [-0.25, -0.2) is 8.78 Å². The van der Waals surface area contributed by atoms with Crippen molar-refractivity contribution < 1.29 is 13.9 Å². The quantitative estimate of drug-likeness (QED) is 0.787. The molecular formula is C8H8BrF2NO. The van der Waals surface area contributed by atoms with Crippen LogP contribution in [0.3, 0.4) is 0 Å². The van der Waals surface area contributed by atoms with Gasteiger partial charge in [0.2, 0.25) is 0 Å². The van der Waals surface area contributed by atoms with Crippen LogP contribution >= 0.6 is 15.9 Å². The molecule has 0 saturated carbocycles. The molecule has 1 unspecified atom stereocenters. The van der Waals surface area contributed by atoms with Gasteiger partial charge in [0.15, 0.2) is 0 Å². The summed E-state index contributed by atoms with van der Waals surface area (Å²) in [7, 11) is 0. The molecule has 2 nitrogen and oxygen atoms in total. The van der Waals surface area contributed by atoms with Gasteiger partial charge in [-0.05, 0) is 22.0 Å². The second-order valence-corrected chi connectivity index (χ2v) is 3.43. The predicted octanol–water partition coefficient (Wildman–Crippen LogP) is 1.72. The third kappa shape index (κ3) is 2.24. The summed E-state index contributed by atoms with van der Waals surface area (Å²) in [5, 5.41) is 8.67. The van der Waals surface area contributed by atoms with Crippen molar-refractivity contribution in [2.75, 3.05) is 6.61 Å². The van der Waals surface area contributed by atoms with Crippen molar-refractivity contribution in [2.45, 2.75) is 6.04 Å². The molecule has 1 atom stereocenters. The van der Waals surface area contributed by atoms with Crippen molar-refractivity contribution in [3.63, 3.8) is 0 Å². The molecule has 1 aromatic rings. The standard InChI is InChI=1S/C8H8BrF2NO/c9-5-1-4(8(12)3-13)6(10)2-7(5)11/h1-2,8,13H,3,12H2. The fourth-order valence-corrected chi connectivity index (χ4v) is 1.28. The van der Waals surface area contributed by atoms with E-state index in [1.807, 2.05) is 0 Å². The Labute approximate surface area is 82.5 Å². The third-order valence-electron chi connectivity index (χ3n) is 1.64. The molecule has 0 aromatic heterocycles. The van der Waals surface area contributed by atoms with Crippen molar-refractivity contribution in [1.82, 2.24) is 0 Å². The lowest BCUT2D eigenvalue weighted by atomic mass is 10.1. The Bertz CT molecular complexity index is 319. The van der Waals surface area contributed by atoms with E-state index in [1.165, 1.54) is 6.07 Å². The van der Waals surface area contributed by atoms with Gasteiger partial charge in [-0.15, -0.1) is 0 Å². The molecule has 3 N–H and O–H groups in total. The summed E-state index contributed by atoms with van der Waals surface area (Å²) in [6, 6.07) is 1.14. The van der Waals surface area contributed by atoms with E-state index in [-0.39, 0.29) is 16.6 Å². The van der Waals surface area contributed by atoms with E-state index < -0.39 is 17.7 Å². The molecule has 0 aliphatic heterocycles. The zero-order valence-electron chi connectivity index (χ0n) is 6.60. The SMILES string of the molecule is NC(CO)c1cc(Br)c(F)cc1F. The smallest absolute Gasteiger partial charge is 0.140 e. The maximum absolute atomic E-state index is 13.0. The number of hydrogen-bond acceptors (Lipinski definition) is 2. The molecule has 72 valence electrons. The van der Waals surface area contributed by atoms with Crippen molar-refractivity contribution >= 4 is 15.9 Å². The van der Waals surface area contributed by atoms with E-state index in [0.29, 0.717) is 0 Å². The van der Waals surface area contributed by atoms with Crippen LogP contribution in [-0.4, -0.2) is 11.7 Å². The van der Waals surface area contributed by atoms with Gasteiger partial charge in [-0.1, -0.05) is 0 Å². The van der Waals surface area contributed by atoms with Crippen LogP contribution in [0.4, 0.5) is 8.78 Å². The van der Waals surface area contributed by atoms with Crippen LogP contribution in [-0.2, 0) is 0 Å². The maximum Gasteiger partial charge on any atom is 0.140 e. The molecule has 0 saturated heterocycles. The highest BCUT2D eigenvalue weighted by atomic mass is 79.9. The molecule has 0 fully saturated rings. The Morgan fingerprint density at radius 3 is 2.54 bits per heavy atom. The Morgan fingerprint density at radius 1 is 1.38 bits per heavy atom. The monoisotopic (exact) mass is 251 g/mol. The number of rotatable bonds is 2. The molecule has 5 heteroatoms. The molecule has 13 heavy (non-hydrogen) atoms. The van der Waals surface area contributed by atoms with Crippen LogP contribution in [0.1, 0.15) is 11.6 Å². The molecule has 1 rings (SSSR count). The Hall–Kier alpha value is -0.520. The van der Waals surface area contributed by atoms with Crippen molar-refractivity contribution in [2.24, 2.45) is 5.73 Å². The van der Waals surface area contributed by atoms with Gasteiger partial charge in [-0.2, -0.15) is 0 Å². The zero-order chi connectivity index (χ0) is 10.0. The molecule has 0 radical (unpaired) electrons. The number of aliphatic hydroxyl groups excluding tert-OH is 1. The predicted molar refractivity (Wildman–Crippen MR) is 48.1 cm³/mol. The Kier molecular flexibility index (Phi) is 3.35. The summed E-state index contributed by atoms with van der Waals surface area (Å²) < 4.78 is 25.9. The van der Waals surface area contributed by atoms with Gasteiger partial charge in [-0.3, -0.25) is 0 Å². The minimum atomic E-state index is -0.822. The highest BCUT2D eigenvalue weighted by molar-refractivity contribution is 9.10. The van der Waals surface area contributed by atoms with E-state index in [4.69, 9.17) is 10.8 Å². The molecule has 0 bridgehead atoms. The summed E-state index contributed by atoms with van der Waals surface area (Å²) in [4.78, 5) is 0. The third-order valence-corrected chi connectivity index (χ3v) is 2.24. The Balaban J connectivity index is 3.15. The summed E-state index contributed by atoms with van der Waals surface area (Å²) in [5.41, 5.74) is 5.47. The van der Waals surface area contributed by atoms with Crippen molar-refractivity contribution in [1.29, 1.82) is 0 Å². The summed E-state index contributed by atoms with van der Waals surface area (Å²) >= 11 is 2.90. The van der Waals surface area contributed by atoms with Crippen molar-refractivity contribution in [3.05, 3.63) is 33.8 Å². The fraction of sp³-hybridized carbons (Fsp3) is 0.250. The molecule has 0 aliphatic rings. The molecule has 0 amide bonds. The number of hydrogen-bond donors (Lipinski definition) is 2. The lowest BCUT2D eigenvalue weighted by Crippen LogP contribution is -2.16. The van der Waals surface area contributed by atoms with E-state index >= 15 is 0 Å². The first-order valence-corrected chi connectivity index (χ1v) is 4.36. The largest absolute Gasteiger partial charge is 0.394 e. The van der Waals surface area contributed by atoms with Gasteiger partial charge in [0.25, 0.3) is 0 Å². The van der Waals surface area contributed by atoms with Gasteiger partial charge >= 0.3 is 0 Å². The lowest BCUT2D eigenvalue weighted by molar-refractivity contribution is 0.265. The van der Waals surface area contributed by atoms with E-state index in [2.05, 4.69) is 15.9 Å². The Morgan fingerprint density at radius 2 is 2.00 bits per heavy atom. The molecule has 0 heterocycles. The minimum Gasteiger partial charge on any atom is -0.394 e. The average molecular weight is 252 g/mol. The topological polar surface area (TPSA) is 46.2 Å². The van der Waals surface area contributed by atoms with Crippen LogP contribution < -0.4 is 5.73 Å². The van der Waals surface area contributed by atoms with Crippen LogP contribution in [0.5, 0.6) is 0 Å². The van der Waals surface area contributed by atoms with Gasteiger partial charge in [0.05, 0.1) is 17.1 Å². The highest BCUT2D eigenvalue weighted by Crippen LogP contribution is 2.23. The molecular weight excluding hydrogens is 244 g/mol. The maximum atomic E-state index is 13.0. The number of benzene rings is 1. The average Bonchev–Trinajstić information content (AvgIpc) is 2.10. The van der Waals surface area contributed by atoms with Crippen LogP contribution in [0, 0.1) is 11.6 Å². The highest BCUT2D eigenvalue weighted by Gasteiger charge is 2.13. The first-order valence-electron chi connectivity index (χ1n) is 3.57.